The molecule has 0 aromatic carbocycles. The largest absolute Gasteiger partial charge is 0.472 e. The molecule has 1 atom stereocenters. The van der Waals surface area contributed by atoms with Crippen LogP contribution in [0.5, 0.6) is 5.88 Å². The van der Waals surface area contributed by atoms with E-state index in [0.29, 0.717) is 43.4 Å². The predicted octanol–water partition coefficient (Wildman–Crippen LogP) is 2.32. The van der Waals surface area contributed by atoms with Crippen LogP contribution < -0.4 is 10.1 Å². The summed E-state index contributed by atoms with van der Waals surface area (Å²) in [6.45, 7) is 3.66. The maximum Gasteiger partial charge on any atom is 0.255 e. The van der Waals surface area contributed by atoms with Crippen molar-refractivity contribution in [3.05, 3.63) is 65.7 Å². The standard InChI is InChI=1S/C21H23N5O3/c1-2-18-17(13-25-26(18)19-5-3-4-8-22-19)21(27)24-12-15-6-9-23-20(11-15)29-16-7-10-28-14-16/h3-6,8-9,11,13,16H,2,7,10,12,14H2,1H3,(H,24,27). The van der Waals surface area contributed by atoms with Crippen molar-refractivity contribution in [2.45, 2.75) is 32.4 Å². The molecule has 0 aliphatic carbocycles. The molecule has 1 saturated heterocycles. The second-order valence-electron chi connectivity index (χ2n) is 6.75. The van der Waals surface area contributed by atoms with Crippen molar-refractivity contribution < 1.29 is 14.3 Å². The molecule has 8 heteroatoms. The van der Waals surface area contributed by atoms with Gasteiger partial charge in [-0.05, 0) is 30.2 Å². The van der Waals surface area contributed by atoms with Gasteiger partial charge in [0, 0.05) is 31.4 Å². The van der Waals surface area contributed by atoms with Crippen LogP contribution in [-0.2, 0) is 17.7 Å². The summed E-state index contributed by atoms with van der Waals surface area (Å²) < 4.78 is 12.9. The fraction of sp³-hybridized carbons (Fsp3) is 0.333. The van der Waals surface area contributed by atoms with Gasteiger partial charge in [-0.15, -0.1) is 0 Å². The zero-order chi connectivity index (χ0) is 20.1. The van der Waals surface area contributed by atoms with E-state index in [9.17, 15) is 4.79 Å². The van der Waals surface area contributed by atoms with Crippen LogP contribution in [0.3, 0.4) is 0 Å². The third-order valence-corrected chi connectivity index (χ3v) is 4.74. The third-order valence-electron chi connectivity index (χ3n) is 4.74. The molecule has 1 unspecified atom stereocenters. The number of aromatic nitrogens is 4. The van der Waals surface area contributed by atoms with E-state index in [-0.39, 0.29) is 12.0 Å². The highest BCUT2D eigenvalue weighted by Crippen LogP contribution is 2.17. The first-order valence-electron chi connectivity index (χ1n) is 9.70. The van der Waals surface area contributed by atoms with E-state index in [0.717, 1.165) is 17.7 Å². The average molecular weight is 393 g/mol. The number of nitrogens with one attached hydrogen (secondary N) is 1. The number of amides is 1. The van der Waals surface area contributed by atoms with Crippen molar-refractivity contribution in [2.24, 2.45) is 0 Å². The molecule has 0 bridgehead atoms. The molecular weight excluding hydrogens is 370 g/mol. The van der Waals surface area contributed by atoms with Crippen LogP contribution in [0, 0.1) is 0 Å². The summed E-state index contributed by atoms with van der Waals surface area (Å²) >= 11 is 0. The molecule has 1 aliphatic rings. The summed E-state index contributed by atoms with van der Waals surface area (Å²) in [4.78, 5) is 21.3. The Kier molecular flexibility index (Phi) is 5.81. The molecule has 0 saturated carbocycles. The highest BCUT2D eigenvalue weighted by atomic mass is 16.5. The maximum atomic E-state index is 12.8. The van der Waals surface area contributed by atoms with Gasteiger partial charge in [-0.1, -0.05) is 13.0 Å². The molecule has 4 heterocycles. The van der Waals surface area contributed by atoms with Crippen LogP contribution in [0.25, 0.3) is 5.82 Å². The lowest BCUT2D eigenvalue weighted by Gasteiger charge is -2.12. The van der Waals surface area contributed by atoms with Crippen molar-refractivity contribution in [3.8, 4) is 11.7 Å². The van der Waals surface area contributed by atoms with Crippen LogP contribution >= 0.6 is 0 Å². The molecule has 3 aromatic rings. The summed E-state index contributed by atoms with van der Waals surface area (Å²) in [5.74, 6) is 1.06. The summed E-state index contributed by atoms with van der Waals surface area (Å²) in [5, 5.41) is 7.31. The normalized spacial score (nSPS) is 16.0. The lowest BCUT2D eigenvalue weighted by Crippen LogP contribution is -2.24. The van der Waals surface area contributed by atoms with Crippen molar-refractivity contribution in [1.29, 1.82) is 0 Å². The molecule has 8 nitrogen and oxygen atoms in total. The number of carbonyl (C=O) groups excluding carboxylic acids is 1. The third kappa shape index (κ3) is 4.43. The van der Waals surface area contributed by atoms with Crippen molar-refractivity contribution >= 4 is 5.91 Å². The van der Waals surface area contributed by atoms with Crippen LogP contribution in [0.2, 0.25) is 0 Å². The monoisotopic (exact) mass is 393 g/mol. The first-order chi connectivity index (χ1) is 14.2. The van der Waals surface area contributed by atoms with Gasteiger partial charge in [-0.3, -0.25) is 4.79 Å². The quantitative estimate of drug-likeness (QED) is 0.662. The minimum Gasteiger partial charge on any atom is -0.472 e. The number of nitrogens with zero attached hydrogens (tertiary/aromatic N) is 4. The summed E-state index contributed by atoms with van der Waals surface area (Å²) in [5.41, 5.74) is 2.28. The zero-order valence-electron chi connectivity index (χ0n) is 16.2. The Morgan fingerprint density at radius 2 is 2.24 bits per heavy atom. The average Bonchev–Trinajstić information content (AvgIpc) is 3.42. The van der Waals surface area contributed by atoms with Gasteiger partial charge in [0.1, 0.15) is 6.10 Å². The van der Waals surface area contributed by atoms with Gasteiger partial charge in [0.25, 0.3) is 5.91 Å². The Bertz CT molecular complexity index is 967. The molecule has 0 spiro atoms. The molecule has 1 aliphatic heterocycles. The van der Waals surface area contributed by atoms with Gasteiger partial charge in [0.2, 0.25) is 5.88 Å². The van der Waals surface area contributed by atoms with Gasteiger partial charge in [0.15, 0.2) is 5.82 Å². The Labute approximate surface area is 168 Å². The molecule has 0 radical (unpaired) electrons. The minimum absolute atomic E-state index is 0.0388. The van der Waals surface area contributed by atoms with Crippen LogP contribution in [0.15, 0.2) is 48.9 Å². The lowest BCUT2D eigenvalue weighted by molar-refractivity contribution is 0.0949. The summed E-state index contributed by atoms with van der Waals surface area (Å²) in [7, 11) is 0. The molecule has 3 aromatic heterocycles. The second-order valence-corrected chi connectivity index (χ2v) is 6.75. The summed E-state index contributed by atoms with van der Waals surface area (Å²) in [6, 6.07) is 9.30. The number of rotatable bonds is 7. The van der Waals surface area contributed by atoms with E-state index in [1.807, 2.05) is 37.3 Å². The topological polar surface area (TPSA) is 91.2 Å². The van der Waals surface area contributed by atoms with Gasteiger partial charge < -0.3 is 14.8 Å². The zero-order valence-corrected chi connectivity index (χ0v) is 16.2. The fourth-order valence-corrected chi connectivity index (χ4v) is 3.26. The number of ether oxygens (including phenoxy) is 2. The van der Waals surface area contributed by atoms with E-state index < -0.39 is 0 Å². The molecular formula is C21H23N5O3. The molecule has 4 rings (SSSR count). The lowest BCUT2D eigenvalue weighted by atomic mass is 10.2. The Hall–Kier alpha value is -3.26. The summed E-state index contributed by atoms with van der Waals surface area (Å²) in [6.07, 6.45) is 6.54. The number of hydrogen-bond donors (Lipinski definition) is 1. The maximum absolute atomic E-state index is 12.8. The van der Waals surface area contributed by atoms with Crippen molar-refractivity contribution in [3.63, 3.8) is 0 Å². The molecule has 1 amide bonds. The smallest absolute Gasteiger partial charge is 0.255 e. The van der Waals surface area contributed by atoms with Crippen LogP contribution in [0.1, 0.15) is 35.0 Å². The number of pyridine rings is 2. The predicted molar refractivity (Wildman–Crippen MR) is 106 cm³/mol. The molecule has 1 fully saturated rings. The molecule has 1 N–H and O–H groups in total. The Morgan fingerprint density at radius 1 is 1.31 bits per heavy atom. The van der Waals surface area contributed by atoms with Crippen LogP contribution in [-0.4, -0.2) is 45.0 Å². The van der Waals surface area contributed by atoms with Gasteiger partial charge >= 0.3 is 0 Å². The van der Waals surface area contributed by atoms with Crippen molar-refractivity contribution in [1.82, 2.24) is 25.1 Å². The SMILES string of the molecule is CCc1c(C(=O)NCc2ccnc(OC3CCOC3)c2)cnn1-c1ccccn1. The van der Waals surface area contributed by atoms with E-state index in [1.54, 1.807) is 23.3 Å². The first-order valence-corrected chi connectivity index (χ1v) is 9.70. The minimum atomic E-state index is -0.174. The van der Waals surface area contributed by atoms with E-state index >= 15 is 0 Å². The van der Waals surface area contributed by atoms with E-state index in [4.69, 9.17) is 9.47 Å². The van der Waals surface area contributed by atoms with Gasteiger partial charge in [-0.25, -0.2) is 14.6 Å². The fourth-order valence-electron chi connectivity index (χ4n) is 3.26. The number of carbonyl (C=O) groups is 1. The highest BCUT2D eigenvalue weighted by molar-refractivity contribution is 5.95. The van der Waals surface area contributed by atoms with Crippen LogP contribution in [0.4, 0.5) is 0 Å². The van der Waals surface area contributed by atoms with Crippen molar-refractivity contribution in [2.75, 3.05) is 13.2 Å². The van der Waals surface area contributed by atoms with E-state index in [2.05, 4.69) is 20.4 Å². The highest BCUT2D eigenvalue weighted by Gasteiger charge is 2.19. The Morgan fingerprint density at radius 3 is 3.00 bits per heavy atom. The second kappa shape index (κ2) is 8.83. The molecule has 150 valence electrons. The first kappa shape index (κ1) is 19.1. The molecule has 29 heavy (non-hydrogen) atoms. The number of hydrogen-bond acceptors (Lipinski definition) is 6. The Balaban J connectivity index is 1.43. The van der Waals surface area contributed by atoms with Gasteiger partial charge in [0.05, 0.1) is 30.7 Å². The van der Waals surface area contributed by atoms with E-state index in [1.165, 1.54) is 0 Å². The van der Waals surface area contributed by atoms with Gasteiger partial charge in [-0.2, -0.15) is 5.10 Å².